The molecule has 0 aliphatic heterocycles. The van der Waals surface area contributed by atoms with Gasteiger partial charge in [-0.3, -0.25) is 4.79 Å². The highest BCUT2D eigenvalue weighted by Gasteiger charge is 2.10. The van der Waals surface area contributed by atoms with E-state index in [0.717, 1.165) is 25.1 Å². The van der Waals surface area contributed by atoms with Crippen LogP contribution in [0, 0.1) is 0 Å². The summed E-state index contributed by atoms with van der Waals surface area (Å²) >= 11 is 6.09. The molecule has 2 aromatic rings. The summed E-state index contributed by atoms with van der Waals surface area (Å²) in [5.74, 6) is 0. The van der Waals surface area contributed by atoms with Gasteiger partial charge in [0.25, 0.3) is 5.56 Å². The van der Waals surface area contributed by atoms with Crippen molar-refractivity contribution >= 4 is 17.3 Å². The van der Waals surface area contributed by atoms with Gasteiger partial charge < -0.3 is 5.32 Å². The maximum absolute atomic E-state index is 12.5. The van der Waals surface area contributed by atoms with E-state index in [1.807, 2.05) is 30.3 Å². The van der Waals surface area contributed by atoms with Gasteiger partial charge in [0.15, 0.2) is 0 Å². The molecular weight excluding hydrogens is 286 g/mol. The van der Waals surface area contributed by atoms with E-state index in [-0.39, 0.29) is 5.56 Å². The standard InChI is InChI=1S/C16H20ClN3O/c1-2-3-4-8-11-18-15-14(17)12-19-20(16(15)21)13-9-6-5-7-10-13/h5-7,9-10,12,18H,2-4,8,11H2,1H3. The van der Waals surface area contributed by atoms with Gasteiger partial charge >= 0.3 is 0 Å². The number of halogens is 1. The van der Waals surface area contributed by atoms with E-state index in [2.05, 4.69) is 17.3 Å². The van der Waals surface area contributed by atoms with Crippen LogP contribution < -0.4 is 10.9 Å². The molecule has 1 aromatic heterocycles. The fourth-order valence-electron chi connectivity index (χ4n) is 2.11. The van der Waals surface area contributed by atoms with Crippen LogP contribution in [-0.2, 0) is 0 Å². The number of para-hydroxylation sites is 1. The number of unbranched alkanes of at least 4 members (excludes halogenated alkanes) is 3. The molecule has 0 bridgehead atoms. The summed E-state index contributed by atoms with van der Waals surface area (Å²) in [5, 5.41) is 7.61. The van der Waals surface area contributed by atoms with Crippen LogP contribution >= 0.6 is 11.6 Å². The first-order valence-corrected chi connectivity index (χ1v) is 7.69. The van der Waals surface area contributed by atoms with Crippen molar-refractivity contribution in [2.45, 2.75) is 32.6 Å². The molecule has 21 heavy (non-hydrogen) atoms. The van der Waals surface area contributed by atoms with Gasteiger partial charge in [0.2, 0.25) is 0 Å². The molecule has 0 aliphatic carbocycles. The van der Waals surface area contributed by atoms with Gasteiger partial charge in [-0.2, -0.15) is 9.78 Å². The Hall–Kier alpha value is -1.81. The van der Waals surface area contributed by atoms with Crippen LogP contribution in [0.15, 0.2) is 41.3 Å². The second-order valence-electron chi connectivity index (χ2n) is 4.91. The largest absolute Gasteiger partial charge is 0.379 e. The molecule has 1 aromatic carbocycles. The zero-order chi connectivity index (χ0) is 15.1. The molecule has 0 aliphatic rings. The lowest BCUT2D eigenvalue weighted by Gasteiger charge is -2.10. The molecule has 5 heteroatoms. The van der Waals surface area contributed by atoms with Crippen molar-refractivity contribution < 1.29 is 0 Å². The van der Waals surface area contributed by atoms with Gasteiger partial charge in [0.05, 0.1) is 16.9 Å². The van der Waals surface area contributed by atoms with E-state index >= 15 is 0 Å². The predicted molar refractivity (Wildman–Crippen MR) is 87.5 cm³/mol. The van der Waals surface area contributed by atoms with Gasteiger partial charge in [-0.25, -0.2) is 0 Å². The highest BCUT2D eigenvalue weighted by molar-refractivity contribution is 6.33. The van der Waals surface area contributed by atoms with Crippen LogP contribution in [-0.4, -0.2) is 16.3 Å². The van der Waals surface area contributed by atoms with E-state index < -0.39 is 0 Å². The summed E-state index contributed by atoms with van der Waals surface area (Å²) in [7, 11) is 0. The fraction of sp³-hybridized carbons (Fsp3) is 0.375. The minimum atomic E-state index is -0.218. The van der Waals surface area contributed by atoms with Crippen LogP contribution in [0.25, 0.3) is 5.69 Å². The third-order valence-electron chi connectivity index (χ3n) is 3.26. The van der Waals surface area contributed by atoms with Crippen molar-refractivity contribution in [3.05, 3.63) is 51.9 Å². The molecule has 4 nitrogen and oxygen atoms in total. The van der Waals surface area contributed by atoms with Crippen LogP contribution in [0.1, 0.15) is 32.6 Å². The minimum absolute atomic E-state index is 0.218. The lowest BCUT2D eigenvalue weighted by molar-refractivity contribution is 0.684. The Labute approximate surface area is 129 Å². The third kappa shape index (κ3) is 4.08. The normalized spacial score (nSPS) is 10.6. The van der Waals surface area contributed by atoms with E-state index in [0.29, 0.717) is 10.7 Å². The van der Waals surface area contributed by atoms with Gasteiger partial charge in [0, 0.05) is 6.54 Å². The number of nitrogens with one attached hydrogen (secondary N) is 1. The Kier molecular flexibility index (Phi) is 5.81. The number of hydrogen-bond donors (Lipinski definition) is 1. The van der Waals surface area contributed by atoms with Gasteiger partial charge in [-0.15, -0.1) is 0 Å². The number of benzene rings is 1. The summed E-state index contributed by atoms with van der Waals surface area (Å²) in [6.07, 6.45) is 6.08. The smallest absolute Gasteiger partial charge is 0.296 e. The molecule has 1 N–H and O–H groups in total. The van der Waals surface area contributed by atoms with E-state index in [9.17, 15) is 4.79 Å². The number of nitrogens with zero attached hydrogens (tertiary/aromatic N) is 2. The van der Waals surface area contributed by atoms with Crippen LogP contribution in [0.4, 0.5) is 5.69 Å². The SMILES string of the molecule is CCCCCCNc1c(Cl)cnn(-c2ccccc2)c1=O. The molecule has 0 radical (unpaired) electrons. The number of aromatic nitrogens is 2. The quantitative estimate of drug-likeness (QED) is 0.790. The molecule has 0 saturated heterocycles. The topological polar surface area (TPSA) is 46.9 Å². The molecule has 112 valence electrons. The average Bonchev–Trinajstić information content (AvgIpc) is 2.51. The highest BCUT2D eigenvalue weighted by atomic mass is 35.5. The fourth-order valence-corrected chi connectivity index (χ4v) is 2.30. The molecule has 0 saturated carbocycles. The average molecular weight is 306 g/mol. The second-order valence-corrected chi connectivity index (χ2v) is 5.31. The summed E-state index contributed by atoms with van der Waals surface area (Å²) in [5.41, 5.74) is 0.935. The molecule has 2 rings (SSSR count). The summed E-state index contributed by atoms with van der Waals surface area (Å²) < 4.78 is 1.36. The van der Waals surface area contributed by atoms with E-state index in [1.54, 1.807) is 0 Å². The minimum Gasteiger partial charge on any atom is -0.379 e. The lowest BCUT2D eigenvalue weighted by atomic mass is 10.2. The first-order chi connectivity index (χ1) is 10.2. The molecule has 0 atom stereocenters. The number of rotatable bonds is 7. The van der Waals surface area contributed by atoms with Crippen LogP contribution in [0.5, 0.6) is 0 Å². The highest BCUT2D eigenvalue weighted by Crippen LogP contribution is 2.16. The first kappa shape index (κ1) is 15.6. The molecule has 0 amide bonds. The van der Waals surface area contributed by atoms with Crippen molar-refractivity contribution in [1.29, 1.82) is 0 Å². The zero-order valence-corrected chi connectivity index (χ0v) is 12.9. The van der Waals surface area contributed by atoms with Crippen molar-refractivity contribution in [1.82, 2.24) is 9.78 Å². The van der Waals surface area contributed by atoms with Crippen molar-refractivity contribution in [2.24, 2.45) is 0 Å². The molecule has 0 unspecified atom stereocenters. The van der Waals surface area contributed by atoms with Crippen LogP contribution in [0.2, 0.25) is 5.02 Å². The van der Waals surface area contributed by atoms with Crippen molar-refractivity contribution in [2.75, 3.05) is 11.9 Å². The van der Waals surface area contributed by atoms with Crippen molar-refractivity contribution in [3.63, 3.8) is 0 Å². The Morgan fingerprint density at radius 1 is 1.19 bits per heavy atom. The van der Waals surface area contributed by atoms with Gasteiger partial charge in [-0.05, 0) is 18.6 Å². The summed E-state index contributed by atoms with van der Waals surface area (Å²) in [4.78, 5) is 12.5. The van der Waals surface area contributed by atoms with Gasteiger partial charge in [-0.1, -0.05) is 56.0 Å². The molecule has 1 heterocycles. The third-order valence-corrected chi connectivity index (χ3v) is 3.55. The monoisotopic (exact) mass is 305 g/mol. The number of anilines is 1. The first-order valence-electron chi connectivity index (χ1n) is 7.31. The van der Waals surface area contributed by atoms with Crippen LogP contribution in [0.3, 0.4) is 0 Å². The zero-order valence-electron chi connectivity index (χ0n) is 12.2. The lowest BCUT2D eigenvalue weighted by Crippen LogP contribution is -2.25. The summed E-state index contributed by atoms with van der Waals surface area (Å²) in [6.45, 7) is 2.92. The maximum atomic E-state index is 12.5. The Bertz CT molecular complexity index is 625. The van der Waals surface area contributed by atoms with E-state index in [1.165, 1.54) is 23.7 Å². The Morgan fingerprint density at radius 2 is 1.95 bits per heavy atom. The maximum Gasteiger partial charge on any atom is 0.296 e. The van der Waals surface area contributed by atoms with Gasteiger partial charge in [0.1, 0.15) is 5.69 Å². The Balaban J connectivity index is 2.16. The Morgan fingerprint density at radius 3 is 2.67 bits per heavy atom. The number of hydrogen-bond acceptors (Lipinski definition) is 3. The molecular formula is C16H20ClN3O. The van der Waals surface area contributed by atoms with E-state index in [4.69, 9.17) is 11.6 Å². The summed E-state index contributed by atoms with van der Waals surface area (Å²) in [6, 6.07) is 9.32. The van der Waals surface area contributed by atoms with Crippen molar-refractivity contribution in [3.8, 4) is 5.69 Å². The predicted octanol–water partition coefficient (Wildman–Crippen LogP) is 3.88. The molecule has 0 fully saturated rings. The molecule has 0 spiro atoms. The second kappa shape index (κ2) is 7.84.